The summed E-state index contributed by atoms with van der Waals surface area (Å²) in [6, 6.07) is 15.3. The van der Waals surface area contributed by atoms with E-state index < -0.39 is 10.0 Å². The standard InChI is InChI=1S/C17H20N2O2S/c1-14-7-9-15(10-8-14)13-22(20,21)19-12-11-18(2)16-5-3-4-6-17(16)19/h3-10H,11-13H2,1-2H3. The zero-order valence-corrected chi connectivity index (χ0v) is 13.7. The SMILES string of the molecule is Cc1ccc(CS(=O)(=O)N2CCN(C)c3ccccc32)cc1. The van der Waals surface area contributed by atoms with Crippen LogP contribution in [0.2, 0.25) is 0 Å². The maximum Gasteiger partial charge on any atom is 0.239 e. The summed E-state index contributed by atoms with van der Waals surface area (Å²) < 4.78 is 27.2. The number of nitrogens with zero attached hydrogens (tertiary/aromatic N) is 2. The highest BCUT2D eigenvalue weighted by Gasteiger charge is 2.29. The highest BCUT2D eigenvalue weighted by Crippen LogP contribution is 2.34. The fraction of sp³-hybridized carbons (Fsp3) is 0.294. The lowest BCUT2D eigenvalue weighted by Crippen LogP contribution is -2.43. The van der Waals surface area contributed by atoms with E-state index in [1.807, 2.05) is 62.5 Å². The normalized spacial score (nSPS) is 14.8. The van der Waals surface area contributed by atoms with Gasteiger partial charge in [-0.2, -0.15) is 0 Å². The Bertz CT molecular complexity index is 770. The molecule has 0 N–H and O–H groups in total. The molecule has 0 unspecified atom stereocenters. The van der Waals surface area contributed by atoms with Gasteiger partial charge in [0.1, 0.15) is 0 Å². The van der Waals surface area contributed by atoms with E-state index >= 15 is 0 Å². The molecule has 0 atom stereocenters. The van der Waals surface area contributed by atoms with Crippen molar-refractivity contribution in [3.8, 4) is 0 Å². The fourth-order valence-electron chi connectivity index (χ4n) is 2.74. The number of hydrogen-bond donors (Lipinski definition) is 0. The minimum atomic E-state index is -3.38. The predicted octanol–water partition coefficient (Wildman–Crippen LogP) is 2.78. The topological polar surface area (TPSA) is 40.6 Å². The number of sulfonamides is 1. The lowest BCUT2D eigenvalue weighted by molar-refractivity contribution is 0.588. The minimum absolute atomic E-state index is 0.0331. The van der Waals surface area contributed by atoms with Crippen molar-refractivity contribution >= 4 is 21.4 Å². The Morgan fingerprint density at radius 2 is 1.59 bits per heavy atom. The van der Waals surface area contributed by atoms with Gasteiger partial charge in [0.2, 0.25) is 10.0 Å². The third kappa shape index (κ3) is 2.81. The molecule has 2 aromatic carbocycles. The minimum Gasteiger partial charge on any atom is -0.371 e. The maximum atomic E-state index is 12.8. The summed E-state index contributed by atoms with van der Waals surface area (Å²) in [5.41, 5.74) is 3.68. The summed E-state index contributed by atoms with van der Waals surface area (Å²) in [5, 5.41) is 0. The van der Waals surface area contributed by atoms with Crippen LogP contribution < -0.4 is 9.21 Å². The second kappa shape index (κ2) is 5.65. The molecule has 2 aromatic rings. The Hall–Kier alpha value is -2.01. The molecule has 0 aliphatic carbocycles. The van der Waals surface area contributed by atoms with E-state index in [1.165, 1.54) is 0 Å². The number of likely N-dealkylation sites (N-methyl/N-ethyl adjacent to an activating group) is 1. The van der Waals surface area contributed by atoms with Gasteiger partial charge in [-0.15, -0.1) is 0 Å². The Morgan fingerprint density at radius 1 is 0.955 bits per heavy atom. The first-order valence-electron chi connectivity index (χ1n) is 7.33. The number of fused-ring (bicyclic) bond motifs is 1. The van der Waals surface area contributed by atoms with Crippen LogP contribution in [0, 0.1) is 6.92 Å². The molecular formula is C17H20N2O2S. The smallest absolute Gasteiger partial charge is 0.239 e. The third-order valence-electron chi connectivity index (χ3n) is 4.01. The van der Waals surface area contributed by atoms with Gasteiger partial charge in [0, 0.05) is 13.6 Å². The van der Waals surface area contributed by atoms with Crippen LogP contribution in [0.1, 0.15) is 11.1 Å². The lowest BCUT2D eigenvalue weighted by Gasteiger charge is -2.36. The molecule has 0 saturated carbocycles. The molecule has 3 rings (SSSR count). The molecule has 0 bridgehead atoms. The molecule has 4 nitrogen and oxygen atoms in total. The molecule has 116 valence electrons. The molecule has 5 heteroatoms. The summed E-state index contributed by atoms with van der Waals surface area (Å²) in [5.74, 6) is 0.0331. The number of aryl methyl sites for hydroxylation is 1. The predicted molar refractivity (Wildman–Crippen MR) is 90.9 cm³/mol. The summed E-state index contributed by atoms with van der Waals surface area (Å²) >= 11 is 0. The summed E-state index contributed by atoms with van der Waals surface area (Å²) in [6.07, 6.45) is 0. The van der Waals surface area contributed by atoms with Crippen molar-refractivity contribution in [1.82, 2.24) is 0 Å². The van der Waals surface area contributed by atoms with Crippen molar-refractivity contribution in [2.45, 2.75) is 12.7 Å². The van der Waals surface area contributed by atoms with E-state index in [1.54, 1.807) is 4.31 Å². The van der Waals surface area contributed by atoms with Crippen LogP contribution in [0.15, 0.2) is 48.5 Å². The quantitative estimate of drug-likeness (QED) is 0.874. The monoisotopic (exact) mass is 316 g/mol. The first-order valence-corrected chi connectivity index (χ1v) is 8.94. The van der Waals surface area contributed by atoms with Gasteiger partial charge in [-0.05, 0) is 24.6 Å². The van der Waals surface area contributed by atoms with E-state index in [0.29, 0.717) is 13.1 Å². The van der Waals surface area contributed by atoms with Crippen molar-refractivity contribution in [3.63, 3.8) is 0 Å². The molecule has 1 heterocycles. The average Bonchev–Trinajstić information content (AvgIpc) is 2.50. The Kier molecular flexibility index (Phi) is 3.83. The number of hydrogen-bond acceptors (Lipinski definition) is 3. The third-order valence-corrected chi connectivity index (χ3v) is 5.75. The lowest BCUT2D eigenvalue weighted by atomic mass is 10.2. The molecule has 0 saturated heterocycles. The van der Waals surface area contributed by atoms with Crippen LogP contribution in [0.25, 0.3) is 0 Å². The Morgan fingerprint density at radius 3 is 2.27 bits per heavy atom. The zero-order chi connectivity index (χ0) is 15.7. The van der Waals surface area contributed by atoms with Crippen molar-refractivity contribution in [2.75, 3.05) is 29.3 Å². The maximum absolute atomic E-state index is 12.8. The molecule has 0 aromatic heterocycles. The second-order valence-corrected chi connectivity index (χ2v) is 7.62. The first-order chi connectivity index (χ1) is 10.5. The van der Waals surface area contributed by atoms with Gasteiger partial charge in [0.15, 0.2) is 0 Å². The molecule has 0 amide bonds. The van der Waals surface area contributed by atoms with Gasteiger partial charge in [0.05, 0.1) is 23.7 Å². The Labute approximate surface area is 132 Å². The molecule has 0 spiro atoms. The zero-order valence-electron chi connectivity index (χ0n) is 12.9. The van der Waals surface area contributed by atoms with E-state index in [2.05, 4.69) is 4.90 Å². The average molecular weight is 316 g/mol. The van der Waals surface area contributed by atoms with Gasteiger partial charge in [-0.25, -0.2) is 8.42 Å². The number of para-hydroxylation sites is 2. The van der Waals surface area contributed by atoms with Gasteiger partial charge in [-0.1, -0.05) is 42.0 Å². The van der Waals surface area contributed by atoms with Gasteiger partial charge >= 0.3 is 0 Å². The highest BCUT2D eigenvalue weighted by atomic mass is 32.2. The molecular weight excluding hydrogens is 296 g/mol. The van der Waals surface area contributed by atoms with Crippen molar-refractivity contribution in [1.29, 1.82) is 0 Å². The van der Waals surface area contributed by atoms with Crippen LogP contribution >= 0.6 is 0 Å². The number of rotatable bonds is 3. The van der Waals surface area contributed by atoms with Crippen molar-refractivity contribution in [3.05, 3.63) is 59.7 Å². The molecule has 1 aliphatic heterocycles. The first kappa shape index (κ1) is 14.9. The van der Waals surface area contributed by atoms with Crippen LogP contribution in [0.5, 0.6) is 0 Å². The van der Waals surface area contributed by atoms with Gasteiger partial charge in [-0.3, -0.25) is 4.31 Å². The largest absolute Gasteiger partial charge is 0.371 e. The van der Waals surface area contributed by atoms with E-state index in [-0.39, 0.29) is 5.75 Å². The molecule has 0 radical (unpaired) electrons. The van der Waals surface area contributed by atoms with E-state index in [9.17, 15) is 8.42 Å². The van der Waals surface area contributed by atoms with Crippen molar-refractivity contribution in [2.24, 2.45) is 0 Å². The molecule has 22 heavy (non-hydrogen) atoms. The number of anilines is 2. The van der Waals surface area contributed by atoms with Gasteiger partial charge < -0.3 is 4.90 Å². The Balaban J connectivity index is 1.93. The van der Waals surface area contributed by atoms with Crippen molar-refractivity contribution < 1.29 is 8.42 Å². The van der Waals surface area contributed by atoms with Crippen LogP contribution in [0.4, 0.5) is 11.4 Å². The fourth-order valence-corrected chi connectivity index (χ4v) is 4.32. The van der Waals surface area contributed by atoms with E-state index in [4.69, 9.17) is 0 Å². The van der Waals surface area contributed by atoms with Crippen LogP contribution in [-0.2, 0) is 15.8 Å². The van der Waals surface area contributed by atoms with Gasteiger partial charge in [0.25, 0.3) is 0 Å². The summed E-state index contributed by atoms with van der Waals surface area (Å²) in [4.78, 5) is 2.09. The second-order valence-electron chi connectivity index (χ2n) is 5.72. The molecule has 1 aliphatic rings. The number of benzene rings is 2. The summed E-state index contributed by atoms with van der Waals surface area (Å²) in [7, 11) is -1.39. The highest BCUT2D eigenvalue weighted by molar-refractivity contribution is 7.92. The van der Waals surface area contributed by atoms with E-state index in [0.717, 1.165) is 22.5 Å². The van der Waals surface area contributed by atoms with Crippen LogP contribution in [0.3, 0.4) is 0 Å². The summed E-state index contributed by atoms with van der Waals surface area (Å²) in [6.45, 7) is 3.18. The van der Waals surface area contributed by atoms with Crippen LogP contribution in [-0.4, -0.2) is 28.6 Å². The molecule has 0 fully saturated rings.